The maximum atomic E-state index is 12.1. The van der Waals surface area contributed by atoms with E-state index in [9.17, 15) is 13.2 Å². The van der Waals surface area contributed by atoms with Crippen molar-refractivity contribution in [2.75, 3.05) is 36.7 Å². The SMILES string of the molecule is CCS(=O)(=O)Nc1ccc(C(=O)NCCCN2CCC(C)CC2)cc1. The average Bonchev–Trinajstić information content (AvgIpc) is 2.60. The van der Waals surface area contributed by atoms with Crippen LogP contribution in [0.15, 0.2) is 24.3 Å². The van der Waals surface area contributed by atoms with Crippen LogP contribution in [0.4, 0.5) is 5.69 Å². The molecule has 1 aliphatic heterocycles. The smallest absolute Gasteiger partial charge is 0.251 e. The highest BCUT2D eigenvalue weighted by Crippen LogP contribution is 2.15. The molecule has 1 fully saturated rings. The summed E-state index contributed by atoms with van der Waals surface area (Å²) in [6.45, 7) is 7.86. The molecule has 1 aromatic rings. The van der Waals surface area contributed by atoms with Crippen LogP contribution in [-0.2, 0) is 10.0 Å². The molecule has 0 saturated carbocycles. The molecule has 7 heteroatoms. The van der Waals surface area contributed by atoms with Gasteiger partial charge in [0, 0.05) is 17.8 Å². The van der Waals surface area contributed by atoms with Crippen LogP contribution in [0.1, 0.15) is 43.5 Å². The molecule has 1 saturated heterocycles. The highest BCUT2D eigenvalue weighted by molar-refractivity contribution is 7.92. The Morgan fingerprint density at radius 2 is 1.84 bits per heavy atom. The quantitative estimate of drug-likeness (QED) is 0.691. The lowest BCUT2D eigenvalue weighted by Gasteiger charge is -2.30. The summed E-state index contributed by atoms with van der Waals surface area (Å²) >= 11 is 0. The van der Waals surface area contributed by atoms with Gasteiger partial charge in [0.25, 0.3) is 5.91 Å². The molecule has 140 valence electrons. The Morgan fingerprint density at radius 1 is 1.20 bits per heavy atom. The molecule has 1 aromatic carbocycles. The molecule has 2 rings (SSSR count). The van der Waals surface area contributed by atoms with E-state index in [0.717, 1.165) is 32.0 Å². The molecule has 0 radical (unpaired) electrons. The van der Waals surface area contributed by atoms with Gasteiger partial charge < -0.3 is 10.2 Å². The number of piperidine rings is 1. The van der Waals surface area contributed by atoms with Gasteiger partial charge in [-0.1, -0.05) is 6.92 Å². The van der Waals surface area contributed by atoms with E-state index < -0.39 is 10.0 Å². The van der Waals surface area contributed by atoms with E-state index in [1.54, 1.807) is 31.2 Å². The lowest BCUT2D eigenvalue weighted by Crippen LogP contribution is -2.35. The summed E-state index contributed by atoms with van der Waals surface area (Å²) in [5.74, 6) is 0.725. The van der Waals surface area contributed by atoms with Crippen LogP contribution in [0.25, 0.3) is 0 Å². The van der Waals surface area contributed by atoms with Crippen LogP contribution in [0.3, 0.4) is 0 Å². The number of sulfonamides is 1. The second-order valence-corrected chi connectivity index (χ2v) is 8.73. The number of amides is 1. The van der Waals surface area contributed by atoms with Crippen LogP contribution >= 0.6 is 0 Å². The summed E-state index contributed by atoms with van der Waals surface area (Å²) in [6, 6.07) is 6.48. The van der Waals surface area contributed by atoms with Gasteiger partial charge in [0.15, 0.2) is 0 Å². The molecule has 2 N–H and O–H groups in total. The molecule has 0 aliphatic carbocycles. The fourth-order valence-corrected chi connectivity index (χ4v) is 3.47. The fourth-order valence-electron chi connectivity index (χ4n) is 2.83. The largest absolute Gasteiger partial charge is 0.352 e. The van der Waals surface area contributed by atoms with Gasteiger partial charge in [0.1, 0.15) is 0 Å². The van der Waals surface area contributed by atoms with Gasteiger partial charge in [0.2, 0.25) is 10.0 Å². The summed E-state index contributed by atoms with van der Waals surface area (Å²) in [7, 11) is -3.29. The number of likely N-dealkylation sites (tertiary alicyclic amines) is 1. The molecule has 25 heavy (non-hydrogen) atoms. The van der Waals surface area contributed by atoms with E-state index in [2.05, 4.69) is 21.9 Å². The standard InChI is InChI=1S/C18H29N3O3S/c1-3-25(23,24)20-17-7-5-16(6-8-17)18(22)19-11-4-12-21-13-9-15(2)10-14-21/h5-8,15,20H,3-4,9-14H2,1-2H3,(H,19,22). The first-order valence-corrected chi connectivity index (χ1v) is 10.7. The van der Waals surface area contributed by atoms with E-state index in [1.807, 2.05) is 0 Å². The molecular formula is C18H29N3O3S. The Kier molecular flexibility index (Phi) is 7.25. The molecular weight excluding hydrogens is 338 g/mol. The predicted molar refractivity (Wildman–Crippen MR) is 101 cm³/mol. The monoisotopic (exact) mass is 367 g/mol. The van der Waals surface area contributed by atoms with Crippen molar-refractivity contribution in [3.8, 4) is 0 Å². The lowest BCUT2D eigenvalue weighted by atomic mass is 9.99. The second kappa shape index (κ2) is 9.20. The number of carbonyl (C=O) groups is 1. The summed E-state index contributed by atoms with van der Waals surface area (Å²) in [5, 5.41) is 2.92. The molecule has 6 nitrogen and oxygen atoms in total. The van der Waals surface area contributed by atoms with Crippen LogP contribution in [0, 0.1) is 5.92 Å². The van der Waals surface area contributed by atoms with Crippen molar-refractivity contribution >= 4 is 21.6 Å². The zero-order valence-corrected chi connectivity index (χ0v) is 15.9. The topological polar surface area (TPSA) is 78.5 Å². The van der Waals surface area contributed by atoms with E-state index in [-0.39, 0.29) is 11.7 Å². The van der Waals surface area contributed by atoms with Gasteiger partial charge in [-0.2, -0.15) is 0 Å². The summed E-state index contributed by atoms with van der Waals surface area (Å²) in [6.07, 6.45) is 3.47. The van der Waals surface area contributed by atoms with Crippen molar-refractivity contribution in [1.82, 2.24) is 10.2 Å². The minimum Gasteiger partial charge on any atom is -0.352 e. The third kappa shape index (κ3) is 6.66. The summed E-state index contributed by atoms with van der Waals surface area (Å²) < 4.78 is 25.5. The second-order valence-electron chi connectivity index (χ2n) is 6.72. The van der Waals surface area contributed by atoms with Crippen LogP contribution in [0.5, 0.6) is 0 Å². The Balaban J connectivity index is 1.72. The Labute approximate surface area is 151 Å². The third-order valence-electron chi connectivity index (χ3n) is 4.61. The van der Waals surface area contributed by atoms with Gasteiger partial charge in [-0.05, 0) is 76.0 Å². The summed E-state index contributed by atoms with van der Waals surface area (Å²) in [4.78, 5) is 14.6. The van der Waals surface area contributed by atoms with Crippen LogP contribution in [-0.4, -0.2) is 51.2 Å². The van der Waals surface area contributed by atoms with Gasteiger partial charge in [-0.15, -0.1) is 0 Å². The Morgan fingerprint density at radius 3 is 2.44 bits per heavy atom. The fraction of sp³-hybridized carbons (Fsp3) is 0.611. The molecule has 0 bridgehead atoms. The number of hydrogen-bond acceptors (Lipinski definition) is 4. The third-order valence-corrected chi connectivity index (χ3v) is 5.92. The molecule has 0 atom stereocenters. The highest BCUT2D eigenvalue weighted by atomic mass is 32.2. The number of benzene rings is 1. The van der Waals surface area contributed by atoms with Gasteiger partial charge in [-0.25, -0.2) is 8.42 Å². The van der Waals surface area contributed by atoms with Crippen molar-refractivity contribution in [3.63, 3.8) is 0 Å². The molecule has 1 amide bonds. The number of rotatable bonds is 8. The number of nitrogens with one attached hydrogen (secondary N) is 2. The van der Waals surface area contributed by atoms with Gasteiger partial charge in [-0.3, -0.25) is 9.52 Å². The molecule has 1 heterocycles. The maximum Gasteiger partial charge on any atom is 0.251 e. The molecule has 0 unspecified atom stereocenters. The molecule has 1 aliphatic rings. The Bertz CT molecular complexity index is 651. The first-order valence-electron chi connectivity index (χ1n) is 9.00. The van der Waals surface area contributed by atoms with E-state index in [0.29, 0.717) is 17.8 Å². The highest BCUT2D eigenvalue weighted by Gasteiger charge is 2.15. The zero-order valence-electron chi connectivity index (χ0n) is 15.1. The normalized spacial score (nSPS) is 16.6. The van der Waals surface area contributed by atoms with Crippen molar-refractivity contribution in [2.45, 2.75) is 33.1 Å². The van der Waals surface area contributed by atoms with Crippen LogP contribution < -0.4 is 10.0 Å². The minimum absolute atomic E-state index is 0.0190. The van der Waals surface area contributed by atoms with Crippen molar-refractivity contribution in [1.29, 1.82) is 0 Å². The zero-order chi connectivity index (χ0) is 18.3. The summed E-state index contributed by atoms with van der Waals surface area (Å²) in [5.41, 5.74) is 1.00. The first kappa shape index (κ1) is 19.7. The van der Waals surface area contributed by atoms with Gasteiger partial charge >= 0.3 is 0 Å². The molecule has 0 spiro atoms. The van der Waals surface area contributed by atoms with Crippen molar-refractivity contribution in [2.24, 2.45) is 5.92 Å². The molecule has 0 aromatic heterocycles. The number of nitrogens with zero attached hydrogens (tertiary/aromatic N) is 1. The van der Waals surface area contributed by atoms with E-state index in [1.165, 1.54) is 12.8 Å². The van der Waals surface area contributed by atoms with Crippen LogP contribution in [0.2, 0.25) is 0 Å². The first-order chi connectivity index (χ1) is 11.9. The van der Waals surface area contributed by atoms with Crippen molar-refractivity contribution < 1.29 is 13.2 Å². The number of carbonyl (C=O) groups excluding carboxylic acids is 1. The van der Waals surface area contributed by atoms with E-state index >= 15 is 0 Å². The van der Waals surface area contributed by atoms with Crippen molar-refractivity contribution in [3.05, 3.63) is 29.8 Å². The number of anilines is 1. The maximum absolute atomic E-state index is 12.1. The Hall–Kier alpha value is -1.60. The predicted octanol–water partition coefficient (Wildman–Crippen LogP) is 2.30. The van der Waals surface area contributed by atoms with E-state index in [4.69, 9.17) is 0 Å². The van der Waals surface area contributed by atoms with Gasteiger partial charge in [0.05, 0.1) is 5.75 Å². The number of hydrogen-bond donors (Lipinski definition) is 2. The minimum atomic E-state index is -3.29. The lowest BCUT2D eigenvalue weighted by molar-refractivity contribution is 0.0950. The average molecular weight is 368 g/mol.